The molecule has 2 aliphatic rings. The van der Waals surface area contributed by atoms with E-state index in [2.05, 4.69) is 5.32 Å². The average Bonchev–Trinajstić information content (AvgIpc) is 3.38. The van der Waals surface area contributed by atoms with E-state index in [1.54, 1.807) is 28.0 Å². The smallest absolute Gasteiger partial charge is 0.264 e. The maximum Gasteiger partial charge on any atom is 0.264 e. The lowest BCUT2D eigenvalue weighted by atomic mass is 10.1. The lowest BCUT2D eigenvalue weighted by molar-refractivity contribution is -0.125. The van der Waals surface area contributed by atoms with Gasteiger partial charge in [0.05, 0.1) is 15.8 Å². The van der Waals surface area contributed by atoms with E-state index in [0.29, 0.717) is 41.0 Å². The summed E-state index contributed by atoms with van der Waals surface area (Å²) in [5, 5.41) is 2.92. The van der Waals surface area contributed by atoms with Gasteiger partial charge in [0, 0.05) is 24.5 Å². The third kappa shape index (κ3) is 4.21. The number of thiophene rings is 1. The van der Waals surface area contributed by atoms with Crippen molar-refractivity contribution in [3.8, 4) is 0 Å². The van der Waals surface area contributed by atoms with Gasteiger partial charge in [-0.15, -0.1) is 11.3 Å². The van der Waals surface area contributed by atoms with Gasteiger partial charge in [-0.05, 0) is 55.7 Å². The topological polar surface area (TPSA) is 79.0 Å². The van der Waals surface area contributed by atoms with Crippen molar-refractivity contribution in [2.45, 2.75) is 25.8 Å². The third-order valence-electron chi connectivity index (χ3n) is 5.34. The Labute approximate surface area is 183 Å². The molecular formula is C21H22ClN3O4S. The van der Waals surface area contributed by atoms with Crippen LogP contribution in [-0.4, -0.2) is 55.0 Å². The number of anilines is 2. The molecule has 2 saturated heterocycles. The van der Waals surface area contributed by atoms with Crippen molar-refractivity contribution in [3.63, 3.8) is 0 Å². The highest BCUT2D eigenvalue weighted by Crippen LogP contribution is 2.28. The highest BCUT2D eigenvalue weighted by Gasteiger charge is 2.35. The number of ether oxygens (including phenoxy) is 1. The molecular weight excluding hydrogens is 426 g/mol. The number of aryl methyl sites for hydroxylation is 1. The fourth-order valence-electron chi connectivity index (χ4n) is 3.89. The molecule has 4 rings (SSSR count). The Morgan fingerprint density at radius 2 is 2.07 bits per heavy atom. The number of likely N-dealkylation sites (tertiary alicyclic amines) is 1. The fourth-order valence-corrected chi connectivity index (χ4v) is 4.89. The number of carbonyl (C=O) groups is 3. The number of amides is 3. The van der Waals surface area contributed by atoms with E-state index in [1.165, 1.54) is 11.3 Å². The second-order valence-electron chi connectivity index (χ2n) is 7.35. The number of benzene rings is 1. The van der Waals surface area contributed by atoms with Crippen LogP contribution in [0.15, 0.2) is 30.3 Å². The minimum absolute atomic E-state index is 0.0741. The minimum Gasteiger partial charge on any atom is -0.370 e. The van der Waals surface area contributed by atoms with Crippen LogP contribution in [0.5, 0.6) is 0 Å². The first-order valence-electron chi connectivity index (χ1n) is 9.80. The van der Waals surface area contributed by atoms with E-state index in [-0.39, 0.29) is 24.3 Å². The monoisotopic (exact) mass is 447 g/mol. The molecule has 9 heteroatoms. The zero-order valence-corrected chi connectivity index (χ0v) is 18.1. The van der Waals surface area contributed by atoms with Gasteiger partial charge >= 0.3 is 0 Å². The molecule has 2 aromatic rings. The van der Waals surface area contributed by atoms with E-state index < -0.39 is 6.04 Å². The number of hydrogen-bond acceptors (Lipinski definition) is 5. The standard InChI is InChI=1S/C21H22ClN3O4S/c1-13-11-14(4-5-15(13)24-9-10-29-12-19(24)26)23-20(27)16-3-2-8-25(16)21(28)17-6-7-18(22)30-17/h4-7,11,16H,2-3,8-10,12H2,1H3,(H,23,27)/t16-/m1/s1. The zero-order chi connectivity index (χ0) is 21.3. The van der Waals surface area contributed by atoms with Crippen molar-refractivity contribution in [3.05, 3.63) is 45.1 Å². The number of morpholine rings is 1. The van der Waals surface area contributed by atoms with Crippen molar-refractivity contribution in [2.75, 3.05) is 36.5 Å². The molecule has 0 spiro atoms. The lowest BCUT2D eigenvalue weighted by Crippen LogP contribution is -2.43. The second-order valence-corrected chi connectivity index (χ2v) is 9.06. The summed E-state index contributed by atoms with van der Waals surface area (Å²) in [6, 6.07) is 8.32. The van der Waals surface area contributed by atoms with Crippen molar-refractivity contribution in [1.82, 2.24) is 4.90 Å². The Bertz CT molecular complexity index is 992. The maximum absolute atomic E-state index is 12.9. The number of halogens is 1. The SMILES string of the molecule is Cc1cc(NC(=O)[C@H]2CCCN2C(=O)c2ccc(Cl)s2)ccc1N1CCOCC1=O. The molecule has 1 aromatic carbocycles. The molecule has 7 nitrogen and oxygen atoms in total. The molecule has 1 N–H and O–H groups in total. The predicted molar refractivity (Wildman–Crippen MR) is 116 cm³/mol. The molecule has 2 fully saturated rings. The Balaban J connectivity index is 1.46. The molecule has 3 amide bonds. The zero-order valence-electron chi connectivity index (χ0n) is 16.5. The summed E-state index contributed by atoms with van der Waals surface area (Å²) < 4.78 is 5.73. The molecule has 0 unspecified atom stereocenters. The van der Waals surface area contributed by atoms with Gasteiger partial charge in [-0.2, -0.15) is 0 Å². The van der Waals surface area contributed by atoms with E-state index in [9.17, 15) is 14.4 Å². The molecule has 0 aliphatic carbocycles. The minimum atomic E-state index is -0.515. The van der Waals surface area contributed by atoms with Crippen LogP contribution >= 0.6 is 22.9 Å². The van der Waals surface area contributed by atoms with Gasteiger partial charge in [-0.25, -0.2) is 0 Å². The first-order chi connectivity index (χ1) is 14.4. The van der Waals surface area contributed by atoms with Crippen molar-refractivity contribution >= 4 is 52.0 Å². The second kappa shape index (κ2) is 8.75. The number of hydrogen-bond donors (Lipinski definition) is 1. The number of carbonyl (C=O) groups excluding carboxylic acids is 3. The Morgan fingerprint density at radius 1 is 1.23 bits per heavy atom. The van der Waals surface area contributed by atoms with Crippen LogP contribution in [0.3, 0.4) is 0 Å². The van der Waals surface area contributed by atoms with Gasteiger partial charge in [0.15, 0.2) is 0 Å². The fraction of sp³-hybridized carbons (Fsp3) is 0.381. The molecule has 1 aromatic heterocycles. The Hall–Kier alpha value is -2.42. The molecule has 0 saturated carbocycles. The summed E-state index contributed by atoms with van der Waals surface area (Å²) in [6.45, 7) is 3.55. The normalized spacial score (nSPS) is 19.3. The van der Waals surface area contributed by atoms with Crippen LogP contribution in [-0.2, 0) is 14.3 Å². The largest absolute Gasteiger partial charge is 0.370 e. The first kappa shape index (κ1) is 20.8. The van der Waals surface area contributed by atoms with Crippen LogP contribution in [0.1, 0.15) is 28.1 Å². The summed E-state index contributed by atoms with van der Waals surface area (Å²) >= 11 is 7.17. The lowest BCUT2D eigenvalue weighted by Gasteiger charge is -2.28. The van der Waals surface area contributed by atoms with Crippen LogP contribution in [0, 0.1) is 6.92 Å². The molecule has 158 valence electrons. The van der Waals surface area contributed by atoms with Crippen LogP contribution in [0.25, 0.3) is 0 Å². The van der Waals surface area contributed by atoms with Gasteiger partial charge in [0.1, 0.15) is 12.6 Å². The molecule has 2 aliphatic heterocycles. The molecule has 3 heterocycles. The highest BCUT2D eigenvalue weighted by atomic mass is 35.5. The quantitative estimate of drug-likeness (QED) is 0.779. The van der Waals surface area contributed by atoms with E-state index in [1.807, 2.05) is 19.1 Å². The Morgan fingerprint density at radius 3 is 2.77 bits per heavy atom. The number of nitrogens with zero attached hydrogens (tertiary/aromatic N) is 2. The summed E-state index contributed by atoms with van der Waals surface area (Å²) in [7, 11) is 0. The van der Waals surface area contributed by atoms with Crippen LogP contribution in [0.4, 0.5) is 11.4 Å². The van der Waals surface area contributed by atoms with Gasteiger partial charge in [0.25, 0.3) is 11.8 Å². The van der Waals surface area contributed by atoms with Crippen molar-refractivity contribution in [1.29, 1.82) is 0 Å². The van der Waals surface area contributed by atoms with Gasteiger partial charge in [0.2, 0.25) is 5.91 Å². The highest BCUT2D eigenvalue weighted by molar-refractivity contribution is 7.18. The molecule has 0 bridgehead atoms. The maximum atomic E-state index is 12.9. The van der Waals surface area contributed by atoms with E-state index in [0.717, 1.165) is 17.7 Å². The third-order valence-corrected chi connectivity index (χ3v) is 6.56. The number of nitrogens with one attached hydrogen (secondary N) is 1. The predicted octanol–water partition coefficient (Wildman–Crippen LogP) is 3.32. The summed E-state index contributed by atoms with van der Waals surface area (Å²) in [6.07, 6.45) is 1.40. The van der Waals surface area contributed by atoms with Gasteiger partial charge < -0.3 is 19.9 Å². The van der Waals surface area contributed by atoms with E-state index >= 15 is 0 Å². The molecule has 30 heavy (non-hydrogen) atoms. The molecule has 1 atom stereocenters. The van der Waals surface area contributed by atoms with Gasteiger partial charge in [-0.1, -0.05) is 11.6 Å². The summed E-state index contributed by atoms with van der Waals surface area (Å²) in [4.78, 5) is 41.6. The van der Waals surface area contributed by atoms with Crippen molar-refractivity contribution in [2.24, 2.45) is 0 Å². The number of rotatable bonds is 4. The molecule has 0 radical (unpaired) electrons. The van der Waals surface area contributed by atoms with Crippen molar-refractivity contribution < 1.29 is 19.1 Å². The van der Waals surface area contributed by atoms with E-state index in [4.69, 9.17) is 16.3 Å². The van der Waals surface area contributed by atoms with Crippen LogP contribution < -0.4 is 10.2 Å². The average molecular weight is 448 g/mol. The summed E-state index contributed by atoms with van der Waals surface area (Å²) in [5.74, 6) is -0.449. The van der Waals surface area contributed by atoms with Crippen LogP contribution in [0.2, 0.25) is 4.34 Å². The summed E-state index contributed by atoms with van der Waals surface area (Å²) in [5.41, 5.74) is 2.34. The van der Waals surface area contributed by atoms with Gasteiger partial charge in [-0.3, -0.25) is 14.4 Å². The first-order valence-corrected chi connectivity index (χ1v) is 11.0. The Kier molecular flexibility index (Phi) is 6.08.